The highest BCUT2D eigenvalue weighted by Gasteiger charge is 2.24. The van der Waals surface area contributed by atoms with E-state index in [2.05, 4.69) is 33.2 Å². The minimum Gasteiger partial charge on any atom is -0.489 e. The molecule has 1 aliphatic rings. The molecule has 7 rings (SSSR count). The van der Waals surface area contributed by atoms with Crippen LogP contribution in [-0.4, -0.2) is 124 Å². The molecule has 4 amide bonds. The maximum atomic E-state index is 12.9. The first-order valence-corrected chi connectivity index (χ1v) is 37.1. The molecular weight excluding hydrogens is 1480 g/mol. The van der Waals surface area contributed by atoms with E-state index in [1.165, 1.54) is 18.9 Å². The summed E-state index contributed by atoms with van der Waals surface area (Å²) >= 11 is 30.1. The summed E-state index contributed by atoms with van der Waals surface area (Å²) in [6, 6.07) is 30.2. The lowest BCUT2D eigenvalue weighted by molar-refractivity contribution is -0.156. The predicted octanol–water partition coefficient (Wildman–Crippen LogP) is 18.4. The molecule has 22 nitrogen and oxygen atoms in total. The van der Waals surface area contributed by atoms with Crippen LogP contribution >= 0.6 is 58.0 Å². The Bertz CT molecular complexity index is 3980. The van der Waals surface area contributed by atoms with Crippen LogP contribution in [0.4, 0.5) is 33.2 Å². The number of ether oxygens (including phenoxy) is 9. The summed E-state index contributed by atoms with van der Waals surface area (Å²) in [6.07, 6.45) is 4.81. The van der Waals surface area contributed by atoms with Crippen LogP contribution in [0, 0.1) is 18.8 Å². The highest BCUT2D eigenvalue weighted by atomic mass is 35.5. The smallest absolute Gasteiger partial charge is 0.407 e. The standard InChI is InChI=1S/C29H36Cl2N2O5.C26H33Cl2N3O6.C25H32ClNO5/c1-19(16-20-7-8-20)32-25-17-21(28(35)33-22-10-11-23(30)24(31)18-22)9-12-26(25)37-15-14-36-13-5-6-27(34)38-29(2,3)4;1-16(2)23(32)31-21-14-17(24(33)30-18-7-8-19(27)20(28)15-18)6-9-22(21)36-13-12-35-11-10-29-25(34)37-26(3,4)5;1-17-7-8-18(14-20(17)26)15-22(28)19-9-10-23(21(27)16-19)31-13-12-30-11-5-6-24(29)32-25(2,3)4/h9-12,17-18,20,32H,1,5-8,13-16H2,2-4H3,(H,33,35);6-9,14-16H,10-13H2,1-5H3,(H,29,34)(H,30,33)(H,31,32);7-10,14,16H,5-6,11-13,15,27H2,1-4H3. The van der Waals surface area contributed by atoms with Crippen molar-refractivity contribution in [3.05, 3.63) is 174 Å². The van der Waals surface area contributed by atoms with Gasteiger partial charge in [-0.15, -0.1) is 0 Å². The average Bonchev–Trinajstić information content (AvgIpc) is 1.25. The van der Waals surface area contributed by atoms with E-state index in [4.69, 9.17) is 106 Å². The minimum atomic E-state index is -0.568. The number of alkyl carbamates (subject to hydrolysis) is 1. The highest BCUT2D eigenvalue weighted by molar-refractivity contribution is 6.42. The number of hydrogen-bond donors (Lipinski definition) is 6. The summed E-state index contributed by atoms with van der Waals surface area (Å²) in [6.45, 7) is 29.2. The van der Waals surface area contributed by atoms with E-state index in [0.29, 0.717) is 159 Å². The molecule has 0 aromatic heterocycles. The zero-order valence-corrected chi connectivity index (χ0v) is 66.8. The number of nitrogens with two attached hydrogens (primary N) is 1. The summed E-state index contributed by atoms with van der Waals surface area (Å²) in [5.74, 6) is 0.431. The predicted molar refractivity (Wildman–Crippen MR) is 424 cm³/mol. The third kappa shape index (κ3) is 36.0. The highest BCUT2D eigenvalue weighted by Crippen LogP contribution is 2.37. The van der Waals surface area contributed by atoms with Gasteiger partial charge in [0.15, 0.2) is 5.78 Å². The van der Waals surface area contributed by atoms with Crippen molar-refractivity contribution < 1.29 is 76.2 Å². The zero-order valence-electron chi connectivity index (χ0n) is 63.0. The second-order valence-electron chi connectivity index (χ2n) is 28.2. The Morgan fingerprint density at radius 2 is 0.953 bits per heavy atom. The molecule has 0 unspecified atom stereocenters. The van der Waals surface area contributed by atoms with E-state index in [0.717, 1.165) is 23.2 Å². The molecule has 6 aromatic carbocycles. The van der Waals surface area contributed by atoms with Crippen LogP contribution in [-0.2, 0) is 49.2 Å². The first kappa shape index (κ1) is 89.3. The number of halogens is 5. The number of benzene rings is 6. The lowest BCUT2D eigenvalue weighted by atomic mass is 10.0. The van der Waals surface area contributed by atoms with Gasteiger partial charge in [-0.05, 0) is 215 Å². The average molecular weight is 1580 g/mol. The Balaban J connectivity index is 0.000000289. The number of carbonyl (C=O) groups is 7. The van der Waals surface area contributed by atoms with Gasteiger partial charge in [0.25, 0.3) is 11.8 Å². The monoisotopic (exact) mass is 1580 g/mol. The molecule has 0 radical (unpaired) electrons. The maximum Gasteiger partial charge on any atom is 0.407 e. The fourth-order valence-corrected chi connectivity index (χ4v) is 10.1. The molecule has 1 fully saturated rings. The van der Waals surface area contributed by atoms with Crippen LogP contribution < -0.4 is 46.5 Å². The first-order valence-electron chi connectivity index (χ1n) is 35.2. The summed E-state index contributed by atoms with van der Waals surface area (Å²) in [5.41, 5.74) is 10.9. The summed E-state index contributed by atoms with van der Waals surface area (Å²) in [4.78, 5) is 85.6. The number of nitrogens with one attached hydrogen (secondary N) is 5. The van der Waals surface area contributed by atoms with E-state index in [9.17, 15) is 33.6 Å². The van der Waals surface area contributed by atoms with Crippen molar-refractivity contribution in [2.24, 2.45) is 11.8 Å². The van der Waals surface area contributed by atoms with Gasteiger partial charge in [-0.1, -0.05) is 90.6 Å². The lowest BCUT2D eigenvalue weighted by Crippen LogP contribution is -2.34. The Labute approximate surface area is 653 Å². The van der Waals surface area contributed by atoms with Crippen LogP contribution in [0.3, 0.4) is 0 Å². The number of amides is 4. The molecule has 0 atom stereocenters. The summed E-state index contributed by atoms with van der Waals surface area (Å²) < 4.78 is 49.6. The van der Waals surface area contributed by atoms with Crippen molar-refractivity contribution in [3.8, 4) is 17.2 Å². The normalized spacial score (nSPS) is 11.9. The number of ketones is 1. The second-order valence-corrected chi connectivity index (χ2v) is 30.3. The van der Waals surface area contributed by atoms with Gasteiger partial charge in [-0.3, -0.25) is 28.8 Å². The number of allylic oxidation sites excluding steroid dienone is 1. The van der Waals surface area contributed by atoms with Crippen molar-refractivity contribution in [2.75, 3.05) is 93.0 Å². The van der Waals surface area contributed by atoms with Gasteiger partial charge >= 0.3 is 18.0 Å². The van der Waals surface area contributed by atoms with Crippen LogP contribution in [0.25, 0.3) is 0 Å². The number of rotatable bonds is 36. The third-order valence-corrected chi connectivity index (χ3v) is 16.5. The van der Waals surface area contributed by atoms with E-state index >= 15 is 0 Å². The quantitative estimate of drug-likeness (QED) is 0.00700. The van der Waals surface area contributed by atoms with Crippen molar-refractivity contribution in [1.82, 2.24) is 5.32 Å². The van der Waals surface area contributed by atoms with Crippen molar-refractivity contribution in [1.29, 1.82) is 0 Å². The molecule has 0 bridgehead atoms. The van der Waals surface area contributed by atoms with Gasteiger partial charge in [-0.2, -0.15) is 0 Å². The Kier molecular flexibility index (Phi) is 36.9. The SMILES string of the molecule is C=C(CC1CC1)Nc1cc(C(=O)Nc2ccc(Cl)c(Cl)c2)ccc1OCCOCCCC(=O)OC(C)(C)C.CC(C)C(=O)Nc1cc(C(=O)Nc2ccc(Cl)c(Cl)c2)ccc1OCCOCCNC(=O)OC(C)(C)C.Cc1ccc(CC(=O)c2ccc(OCCOCCCC(=O)OC(C)(C)C)c(N)c2)cc1Cl. The molecule has 0 aliphatic heterocycles. The Morgan fingerprint density at radius 3 is 1.40 bits per heavy atom. The molecule has 0 heterocycles. The van der Waals surface area contributed by atoms with Crippen molar-refractivity contribution in [3.63, 3.8) is 0 Å². The molecule has 0 spiro atoms. The maximum absolute atomic E-state index is 12.9. The third-order valence-electron chi connectivity index (χ3n) is 14.6. The zero-order chi connectivity index (χ0) is 79.0. The van der Waals surface area contributed by atoms with Gasteiger partial charge < -0.3 is 74.9 Å². The molecule has 1 aliphatic carbocycles. The van der Waals surface area contributed by atoms with Crippen molar-refractivity contribution >= 4 is 128 Å². The number of anilines is 5. The fourth-order valence-electron chi connectivity index (χ4n) is 9.32. The number of esters is 2. The van der Waals surface area contributed by atoms with Crippen LogP contribution in [0.1, 0.15) is 163 Å². The van der Waals surface area contributed by atoms with Crippen molar-refractivity contribution in [2.45, 2.75) is 151 Å². The molecule has 6 aromatic rings. The van der Waals surface area contributed by atoms with E-state index < -0.39 is 28.8 Å². The van der Waals surface area contributed by atoms with E-state index in [1.54, 1.807) is 120 Å². The van der Waals surface area contributed by atoms with Crippen LogP contribution in [0.15, 0.2) is 121 Å². The minimum absolute atomic E-state index is 0.0449. The van der Waals surface area contributed by atoms with Gasteiger partial charge in [0.1, 0.15) is 53.9 Å². The molecule has 0 saturated heterocycles. The molecule has 7 N–H and O–H groups in total. The van der Waals surface area contributed by atoms with Gasteiger partial charge in [0.05, 0.1) is 63.6 Å². The number of carbonyl (C=O) groups excluding carboxylic acids is 7. The second kappa shape index (κ2) is 44.2. The van der Waals surface area contributed by atoms with E-state index in [-0.39, 0.29) is 68.2 Å². The summed E-state index contributed by atoms with van der Waals surface area (Å²) in [5, 5.41) is 16.4. The molecule has 1 saturated carbocycles. The lowest BCUT2D eigenvalue weighted by Gasteiger charge is -2.19. The Hall–Kier alpha value is -8.32. The van der Waals surface area contributed by atoms with Crippen LogP contribution in [0.5, 0.6) is 17.2 Å². The number of Topliss-reactive ketones (excluding diaryl/α,β-unsaturated/α-hetero) is 1. The molecule has 27 heteroatoms. The Morgan fingerprint density at radius 1 is 0.495 bits per heavy atom. The largest absolute Gasteiger partial charge is 0.489 e. The fraction of sp³-hybridized carbons (Fsp3) is 0.438. The van der Waals surface area contributed by atoms with Gasteiger partial charge in [0.2, 0.25) is 5.91 Å². The first-order chi connectivity index (χ1) is 50.4. The topological polar surface area (TPSA) is 289 Å². The van der Waals surface area contributed by atoms with Gasteiger partial charge in [0, 0.05) is 83.7 Å². The molecular formula is C80H101Cl5N6O16. The number of hydrogen-bond acceptors (Lipinski definition) is 18. The molecule has 107 heavy (non-hydrogen) atoms. The summed E-state index contributed by atoms with van der Waals surface area (Å²) in [7, 11) is 0. The molecule has 582 valence electrons. The van der Waals surface area contributed by atoms with Crippen LogP contribution in [0.2, 0.25) is 25.1 Å². The number of aryl methyl sites for hydroxylation is 1. The van der Waals surface area contributed by atoms with Gasteiger partial charge in [-0.25, -0.2) is 4.79 Å². The van der Waals surface area contributed by atoms with E-state index in [1.807, 2.05) is 66.7 Å². The number of nitrogen functional groups attached to an aromatic ring is 1.